The van der Waals surface area contributed by atoms with Crippen LogP contribution in [0.15, 0.2) is 52.9 Å². The maximum Gasteiger partial charge on any atom is 0.283 e. The van der Waals surface area contributed by atoms with E-state index in [4.69, 9.17) is 11.6 Å². The molecule has 4 nitrogen and oxygen atoms in total. The van der Waals surface area contributed by atoms with Crippen molar-refractivity contribution in [2.45, 2.75) is 0 Å². The Balaban J connectivity index is 2.28. The zero-order valence-corrected chi connectivity index (χ0v) is 12.2. The van der Waals surface area contributed by atoms with Crippen molar-refractivity contribution in [2.75, 3.05) is 0 Å². The van der Waals surface area contributed by atoms with Crippen molar-refractivity contribution in [2.24, 2.45) is 0 Å². The lowest BCUT2D eigenvalue weighted by Crippen LogP contribution is -2.19. The summed E-state index contributed by atoms with van der Waals surface area (Å²) in [5.41, 5.74) is 1.77. The minimum Gasteiger partial charge on any atom is -0.273 e. The number of halogens is 1. The highest BCUT2D eigenvalue weighted by molar-refractivity contribution is 7.04. The quantitative estimate of drug-likeness (QED) is 0.539. The van der Waals surface area contributed by atoms with Gasteiger partial charge in [-0.2, -0.15) is 4.37 Å². The second kappa shape index (κ2) is 4.65. The molecule has 0 fully saturated rings. The fourth-order valence-electron chi connectivity index (χ4n) is 2.46. The first-order valence-electron chi connectivity index (χ1n) is 6.24. The molecular formula is C15H8ClN3OS. The number of fused-ring (bicyclic) bond motifs is 3. The first kappa shape index (κ1) is 12.5. The molecule has 0 spiro atoms. The SMILES string of the molecule is O=c1c2nscc2c2ccc(Cl)cc2n1-c1cccnc1. The van der Waals surface area contributed by atoms with E-state index in [2.05, 4.69) is 9.36 Å². The maximum absolute atomic E-state index is 12.8. The molecule has 0 saturated carbocycles. The fraction of sp³-hybridized carbons (Fsp3) is 0. The molecule has 21 heavy (non-hydrogen) atoms. The number of pyridine rings is 2. The number of aromatic nitrogens is 3. The average Bonchev–Trinajstić information content (AvgIpc) is 2.98. The largest absolute Gasteiger partial charge is 0.283 e. The second-order valence-electron chi connectivity index (χ2n) is 4.59. The number of hydrogen-bond acceptors (Lipinski definition) is 4. The van der Waals surface area contributed by atoms with Gasteiger partial charge in [-0.15, -0.1) is 0 Å². The summed E-state index contributed by atoms with van der Waals surface area (Å²) in [6.07, 6.45) is 3.32. The standard InChI is InChI=1S/C15H8ClN3OS/c16-9-3-4-11-12-8-21-18-14(12)15(20)19(13(11)6-9)10-2-1-5-17-7-10/h1-8H. The first-order chi connectivity index (χ1) is 10.3. The lowest BCUT2D eigenvalue weighted by molar-refractivity contribution is 1.04. The van der Waals surface area contributed by atoms with Gasteiger partial charge in [0.05, 0.1) is 17.4 Å². The topological polar surface area (TPSA) is 47.8 Å². The molecule has 0 radical (unpaired) electrons. The van der Waals surface area contributed by atoms with Gasteiger partial charge < -0.3 is 0 Å². The minimum atomic E-state index is -0.158. The van der Waals surface area contributed by atoms with E-state index in [0.29, 0.717) is 16.2 Å². The predicted molar refractivity (Wildman–Crippen MR) is 85.5 cm³/mol. The van der Waals surface area contributed by atoms with Crippen LogP contribution in [-0.2, 0) is 0 Å². The van der Waals surface area contributed by atoms with Gasteiger partial charge in [-0.1, -0.05) is 17.7 Å². The van der Waals surface area contributed by atoms with E-state index in [9.17, 15) is 4.79 Å². The number of benzene rings is 1. The van der Waals surface area contributed by atoms with E-state index in [0.717, 1.165) is 16.3 Å². The van der Waals surface area contributed by atoms with Crippen LogP contribution >= 0.6 is 23.1 Å². The Morgan fingerprint density at radius 1 is 1.19 bits per heavy atom. The zero-order chi connectivity index (χ0) is 14.4. The Labute approximate surface area is 128 Å². The summed E-state index contributed by atoms with van der Waals surface area (Å²) in [7, 11) is 0. The van der Waals surface area contributed by atoms with Crippen molar-refractivity contribution in [1.29, 1.82) is 0 Å². The molecule has 102 valence electrons. The summed E-state index contributed by atoms with van der Waals surface area (Å²) in [4.78, 5) is 16.8. The minimum absolute atomic E-state index is 0.158. The van der Waals surface area contributed by atoms with Crippen molar-refractivity contribution < 1.29 is 0 Å². The smallest absolute Gasteiger partial charge is 0.273 e. The van der Waals surface area contributed by atoms with Crippen LogP contribution in [0.4, 0.5) is 0 Å². The third kappa shape index (κ3) is 1.86. The Hall–Kier alpha value is -2.24. The van der Waals surface area contributed by atoms with Crippen LogP contribution in [0, 0.1) is 0 Å². The Kier molecular flexibility index (Phi) is 2.77. The summed E-state index contributed by atoms with van der Waals surface area (Å²) in [5, 5.41) is 4.28. The molecular weight excluding hydrogens is 306 g/mol. The highest BCUT2D eigenvalue weighted by Gasteiger charge is 2.14. The molecule has 3 aromatic heterocycles. The van der Waals surface area contributed by atoms with Crippen LogP contribution in [-0.4, -0.2) is 13.9 Å². The molecule has 0 atom stereocenters. The van der Waals surface area contributed by atoms with Crippen LogP contribution < -0.4 is 5.56 Å². The molecule has 4 rings (SSSR count). The molecule has 0 unspecified atom stereocenters. The van der Waals surface area contributed by atoms with Gasteiger partial charge in [0.25, 0.3) is 5.56 Å². The van der Waals surface area contributed by atoms with Gasteiger partial charge in [0, 0.05) is 27.4 Å². The highest BCUT2D eigenvalue weighted by Crippen LogP contribution is 2.27. The Morgan fingerprint density at radius 3 is 2.90 bits per heavy atom. The molecule has 1 aromatic carbocycles. The first-order valence-corrected chi connectivity index (χ1v) is 7.46. The van der Waals surface area contributed by atoms with E-state index < -0.39 is 0 Å². The van der Waals surface area contributed by atoms with Crippen molar-refractivity contribution >= 4 is 44.9 Å². The molecule has 3 heterocycles. The van der Waals surface area contributed by atoms with E-state index in [1.54, 1.807) is 29.1 Å². The van der Waals surface area contributed by atoms with E-state index in [-0.39, 0.29) is 5.56 Å². The van der Waals surface area contributed by atoms with Gasteiger partial charge in [-0.25, -0.2) is 0 Å². The van der Waals surface area contributed by atoms with Crippen LogP contribution in [0.5, 0.6) is 0 Å². The molecule has 0 aliphatic rings. The Bertz CT molecular complexity index is 1020. The van der Waals surface area contributed by atoms with Crippen LogP contribution in [0.3, 0.4) is 0 Å². The van der Waals surface area contributed by atoms with Crippen molar-refractivity contribution in [1.82, 2.24) is 13.9 Å². The molecule has 0 saturated heterocycles. The number of rotatable bonds is 1. The lowest BCUT2D eigenvalue weighted by atomic mass is 10.1. The molecule has 0 N–H and O–H groups in total. The summed E-state index contributed by atoms with van der Waals surface area (Å²) in [5.74, 6) is 0. The zero-order valence-electron chi connectivity index (χ0n) is 10.7. The highest BCUT2D eigenvalue weighted by atomic mass is 35.5. The molecule has 4 aromatic rings. The molecule has 6 heteroatoms. The van der Waals surface area contributed by atoms with Gasteiger partial charge in [0.1, 0.15) is 0 Å². The van der Waals surface area contributed by atoms with Gasteiger partial charge in [0.15, 0.2) is 5.52 Å². The summed E-state index contributed by atoms with van der Waals surface area (Å²) >= 11 is 7.39. The number of hydrogen-bond donors (Lipinski definition) is 0. The maximum atomic E-state index is 12.8. The Morgan fingerprint density at radius 2 is 2.10 bits per heavy atom. The van der Waals surface area contributed by atoms with Crippen molar-refractivity contribution in [3.05, 3.63) is 63.5 Å². The van der Waals surface area contributed by atoms with E-state index in [1.807, 2.05) is 23.6 Å². The van der Waals surface area contributed by atoms with Gasteiger partial charge in [-0.05, 0) is 35.8 Å². The third-order valence-corrected chi connectivity index (χ3v) is 4.23. The molecule has 0 amide bonds. The van der Waals surface area contributed by atoms with E-state index in [1.165, 1.54) is 11.5 Å². The normalized spacial score (nSPS) is 11.3. The second-order valence-corrected chi connectivity index (χ2v) is 5.66. The molecule has 0 aliphatic heterocycles. The van der Waals surface area contributed by atoms with Gasteiger partial charge in [-0.3, -0.25) is 14.3 Å². The summed E-state index contributed by atoms with van der Waals surface area (Å²) in [6.45, 7) is 0. The van der Waals surface area contributed by atoms with Crippen molar-refractivity contribution in [3.8, 4) is 5.69 Å². The summed E-state index contributed by atoms with van der Waals surface area (Å²) in [6, 6.07) is 9.17. The van der Waals surface area contributed by atoms with Crippen LogP contribution in [0.25, 0.3) is 27.5 Å². The summed E-state index contributed by atoms with van der Waals surface area (Å²) < 4.78 is 5.84. The van der Waals surface area contributed by atoms with E-state index >= 15 is 0 Å². The van der Waals surface area contributed by atoms with Crippen LogP contribution in [0.1, 0.15) is 0 Å². The molecule has 0 bridgehead atoms. The van der Waals surface area contributed by atoms with Crippen LogP contribution in [0.2, 0.25) is 5.02 Å². The lowest BCUT2D eigenvalue weighted by Gasteiger charge is -2.11. The third-order valence-electron chi connectivity index (χ3n) is 3.37. The predicted octanol–water partition coefficient (Wildman–Crippen LogP) is 3.65. The van der Waals surface area contributed by atoms with Crippen molar-refractivity contribution in [3.63, 3.8) is 0 Å². The van der Waals surface area contributed by atoms with Gasteiger partial charge >= 0.3 is 0 Å². The average molecular weight is 314 g/mol. The molecule has 0 aliphatic carbocycles. The monoisotopic (exact) mass is 313 g/mol. The fourth-order valence-corrected chi connectivity index (χ4v) is 3.30. The number of nitrogens with zero attached hydrogens (tertiary/aromatic N) is 3. The van der Waals surface area contributed by atoms with Gasteiger partial charge in [0.2, 0.25) is 0 Å².